The number of nitrogens with one attached hydrogen (secondary N) is 1. The number of aliphatic hydroxyl groups excluding tert-OH is 1. The van der Waals surface area contributed by atoms with Gasteiger partial charge in [-0.05, 0) is 57.4 Å². The van der Waals surface area contributed by atoms with E-state index in [0.717, 1.165) is 19.8 Å². The molecule has 1 aliphatic rings. The maximum atomic E-state index is 12.3. The standard InChI is InChI=1S/C19H37NO6/c1-11-7-12(2)9-14(4)17(22)26-19(24,25)18(6,23)16(21)15(5)20-10-13(3)8-11/h11-16,20-21,23-25H,7-10H2,1-6H3. The fourth-order valence-electron chi connectivity index (χ4n) is 3.87. The van der Waals surface area contributed by atoms with Gasteiger partial charge in [0.05, 0.1) is 5.92 Å². The Hall–Kier alpha value is -0.730. The summed E-state index contributed by atoms with van der Waals surface area (Å²) in [5.74, 6) is -3.46. The first-order valence-electron chi connectivity index (χ1n) is 9.59. The molecule has 7 nitrogen and oxygen atoms in total. The maximum absolute atomic E-state index is 12.3. The molecule has 0 aromatic rings. The van der Waals surface area contributed by atoms with Crippen molar-refractivity contribution in [1.82, 2.24) is 5.32 Å². The Labute approximate surface area is 156 Å². The van der Waals surface area contributed by atoms with E-state index >= 15 is 0 Å². The van der Waals surface area contributed by atoms with Gasteiger partial charge in [-0.1, -0.05) is 27.7 Å². The average Bonchev–Trinajstić information content (AvgIpc) is 2.49. The molecule has 7 atom stereocenters. The maximum Gasteiger partial charge on any atom is 0.357 e. The highest BCUT2D eigenvalue weighted by Gasteiger charge is 2.55. The van der Waals surface area contributed by atoms with E-state index in [1.54, 1.807) is 13.8 Å². The molecule has 154 valence electrons. The van der Waals surface area contributed by atoms with Gasteiger partial charge < -0.3 is 30.5 Å². The van der Waals surface area contributed by atoms with Crippen molar-refractivity contribution in [3.63, 3.8) is 0 Å². The molecule has 7 unspecified atom stereocenters. The quantitative estimate of drug-likeness (QED) is 0.316. The molecular formula is C19H37NO6. The van der Waals surface area contributed by atoms with Crippen LogP contribution in [0.3, 0.4) is 0 Å². The summed E-state index contributed by atoms with van der Waals surface area (Å²) in [4.78, 5) is 12.3. The molecule has 0 bridgehead atoms. The topological polar surface area (TPSA) is 119 Å². The van der Waals surface area contributed by atoms with E-state index in [4.69, 9.17) is 4.74 Å². The molecule has 1 aliphatic heterocycles. The van der Waals surface area contributed by atoms with Gasteiger partial charge in [-0.15, -0.1) is 0 Å². The lowest BCUT2D eigenvalue weighted by Crippen LogP contribution is -2.65. The number of aliphatic hydroxyl groups is 4. The number of carbonyl (C=O) groups excluding carboxylic acids is 1. The van der Waals surface area contributed by atoms with Gasteiger partial charge in [0.25, 0.3) is 0 Å². The molecule has 1 rings (SSSR count). The van der Waals surface area contributed by atoms with Gasteiger partial charge in [-0.25, -0.2) is 0 Å². The van der Waals surface area contributed by atoms with Crippen LogP contribution in [0.2, 0.25) is 0 Å². The molecule has 0 aliphatic carbocycles. The Bertz CT molecular complexity index is 467. The summed E-state index contributed by atoms with van der Waals surface area (Å²) in [5.41, 5.74) is -2.46. The number of ether oxygens (including phenoxy) is 1. The average molecular weight is 376 g/mol. The van der Waals surface area contributed by atoms with Crippen LogP contribution in [0.25, 0.3) is 0 Å². The Morgan fingerprint density at radius 2 is 1.46 bits per heavy atom. The van der Waals surface area contributed by atoms with E-state index < -0.39 is 35.6 Å². The van der Waals surface area contributed by atoms with Crippen LogP contribution >= 0.6 is 0 Å². The van der Waals surface area contributed by atoms with Crippen molar-refractivity contribution in [2.45, 2.75) is 84.5 Å². The van der Waals surface area contributed by atoms with Crippen LogP contribution in [0, 0.1) is 23.7 Å². The molecule has 1 fully saturated rings. The lowest BCUT2D eigenvalue weighted by atomic mass is 9.85. The van der Waals surface area contributed by atoms with Gasteiger partial charge in [-0.3, -0.25) is 4.79 Å². The highest BCUT2D eigenvalue weighted by molar-refractivity contribution is 5.72. The number of carbonyl (C=O) groups is 1. The SMILES string of the molecule is CC1CNC(C)C(O)C(C)(O)C(O)(O)OC(=O)C(C)CC(C)CC(C)C1. The number of esters is 1. The fraction of sp³-hybridized carbons (Fsp3) is 0.947. The summed E-state index contributed by atoms with van der Waals surface area (Å²) in [7, 11) is 0. The molecule has 26 heavy (non-hydrogen) atoms. The molecule has 0 aromatic carbocycles. The summed E-state index contributed by atoms with van der Waals surface area (Å²) in [6.45, 7) is 11.3. The van der Waals surface area contributed by atoms with E-state index in [1.165, 1.54) is 0 Å². The second kappa shape index (κ2) is 8.97. The molecule has 0 amide bonds. The van der Waals surface area contributed by atoms with Crippen LogP contribution < -0.4 is 5.32 Å². The summed E-state index contributed by atoms with van der Waals surface area (Å²) in [5, 5.41) is 44.4. The fourth-order valence-corrected chi connectivity index (χ4v) is 3.87. The molecule has 7 heteroatoms. The van der Waals surface area contributed by atoms with Gasteiger partial charge in [0.15, 0.2) is 5.60 Å². The van der Waals surface area contributed by atoms with Crippen LogP contribution in [0.15, 0.2) is 0 Å². The van der Waals surface area contributed by atoms with Crippen LogP contribution in [0.5, 0.6) is 0 Å². The molecule has 0 saturated carbocycles. The van der Waals surface area contributed by atoms with Crippen LogP contribution in [-0.4, -0.2) is 56.7 Å². The monoisotopic (exact) mass is 375 g/mol. The van der Waals surface area contributed by atoms with Gasteiger partial charge in [0.2, 0.25) is 0 Å². The van der Waals surface area contributed by atoms with Crippen LogP contribution in [0.1, 0.15) is 60.8 Å². The first kappa shape index (κ1) is 23.3. The predicted molar refractivity (Wildman–Crippen MR) is 97.9 cm³/mol. The summed E-state index contributed by atoms with van der Waals surface area (Å²) < 4.78 is 4.79. The van der Waals surface area contributed by atoms with Crippen LogP contribution in [-0.2, 0) is 9.53 Å². The van der Waals surface area contributed by atoms with Crippen LogP contribution in [0.4, 0.5) is 0 Å². The second-order valence-electron chi connectivity index (χ2n) is 8.74. The minimum absolute atomic E-state index is 0.273. The lowest BCUT2D eigenvalue weighted by Gasteiger charge is -2.41. The minimum Gasteiger partial charge on any atom is -0.405 e. The third-order valence-corrected chi connectivity index (χ3v) is 5.51. The van der Waals surface area contributed by atoms with E-state index in [2.05, 4.69) is 26.1 Å². The third kappa shape index (κ3) is 5.89. The Morgan fingerprint density at radius 3 is 2.04 bits per heavy atom. The van der Waals surface area contributed by atoms with Gasteiger partial charge in [0, 0.05) is 6.04 Å². The van der Waals surface area contributed by atoms with E-state index in [1.807, 2.05) is 0 Å². The van der Waals surface area contributed by atoms with Crippen molar-refractivity contribution < 1.29 is 30.0 Å². The van der Waals surface area contributed by atoms with E-state index in [9.17, 15) is 25.2 Å². The number of hydrogen-bond donors (Lipinski definition) is 5. The second-order valence-corrected chi connectivity index (χ2v) is 8.74. The first-order chi connectivity index (χ1) is 11.8. The number of rotatable bonds is 0. The van der Waals surface area contributed by atoms with E-state index in [0.29, 0.717) is 24.8 Å². The van der Waals surface area contributed by atoms with Crippen molar-refractivity contribution in [2.24, 2.45) is 23.7 Å². The molecule has 1 saturated heterocycles. The van der Waals surface area contributed by atoms with Gasteiger partial charge in [-0.2, -0.15) is 0 Å². The summed E-state index contributed by atoms with van der Waals surface area (Å²) in [6, 6.07) is -0.637. The molecular weight excluding hydrogens is 338 g/mol. The first-order valence-corrected chi connectivity index (χ1v) is 9.59. The summed E-state index contributed by atoms with van der Waals surface area (Å²) >= 11 is 0. The van der Waals surface area contributed by atoms with Crippen molar-refractivity contribution in [2.75, 3.05) is 6.54 Å². The Balaban J connectivity index is 3.08. The molecule has 1 heterocycles. The molecule has 0 aromatic heterocycles. The van der Waals surface area contributed by atoms with Crippen molar-refractivity contribution in [3.05, 3.63) is 0 Å². The zero-order valence-electron chi connectivity index (χ0n) is 16.9. The third-order valence-electron chi connectivity index (χ3n) is 5.51. The highest BCUT2D eigenvalue weighted by atomic mass is 16.8. The molecule has 0 spiro atoms. The normalized spacial score (nSPS) is 43.8. The highest BCUT2D eigenvalue weighted by Crippen LogP contribution is 2.30. The van der Waals surface area contributed by atoms with Gasteiger partial charge in [0.1, 0.15) is 6.10 Å². The van der Waals surface area contributed by atoms with Crippen molar-refractivity contribution >= 4 is 5.97 Å². The number of cyclic esters (lactones) is 1. The Morgan fingerprint density at radius 1 is 0.962 bits per heavy atom. The lowest BCUT2D eigenvalue weighted by molar-refractivity contribution is -0.404. The predicted octanol–water partition coefficient (Wildman–Crippen LogP) is 0.986. The smallest absolute Gasteiger partial charge is 0.357 e. The largest absolute Gasteiger partial charge is 0.405 e. The molecule has 0 radical (unpaired) electrons. The summed E-state index contributed by atoms with van der Waals surface area (Å²) in [6.07, 6.45) is 0.947. The zero-order valence-corrected chi connectivity index (χ0v) is 16.9. The van der Waals surface area contributed by atoms with Gasteiger partial charge >= 0.3 is 11.9 Å². The van der Waals surface area contributed by atoms with Crippen molar-refractivity contribution in [1.29, 1.82) is 0 Å². The van der Waals surface area contributed by atoms with E-state index in [-0.39, 0.29) is 5.92 Å². The Kier molecular flexibility index (Phi) is 8.04. The van der Waals surface area contributed by atoms with Crippen molar-refractivity contribution in [3.8, 4) is 0 Å². The zero-order chi connectivity index (χ0) is 20.3. The minimum atomic E-state index is -3.20. The number of hydrogen-bond acceptors (Lipinski definition) is 7. The molecule has 5 N–H and O–H groups in total.